The van der Waals surface area contributed by atoms with E-state index in [1.54, 1.807) is 18.2 Å². The van der Waals surface area contributed by atoms with Crippen molar-refractivity contribution in [3.05, 3.63) is 23.8 Å². The highest BCUT2D eigenvalue weighted by Gasteiger charge is 2.06. The van der Waals surface area contributed by atoms with E-state index in [2.05, 4.69) is 5.10 Å². The molecule has 0 spiro atoms. The van der Waals surface area contributed by atoms with Crippen molar-refractivity contribution < 1.29 is 19.1 Å². The van der Waals surface area contributed by atoms with Gasteiger partial charge in [-0.15, -0.1) is 0 Å². The zero-order chi connectivity index (χ0) is 14.3. The van der Waals surface area contributed by atoms with Crippen molar-refractivity contribution in [2.45, 2.75) is 6.92 Å². The molecular weight excluding hydrogens is 250 g/mol. The average Bonchev–Trinajstić information content (AvgIpc) is 2.40. The Bertz CT molecular complexity index is 500. The van der Waals surface area contributed by atoms with Crippen LogP contribution in [0.2, 0.25) is 0 Å². The van der Waals surface area contributed by atoms with Crippen molar-refractivity contribution in [2.24, 2.45) is 10.8 Å². The molecule has 0 aliphatic carbocycles. The molecule has 0 unspecified atom stereocenters. The molecule has 0 aromatic heterocycles. The summed E-state index contributed by atoms with van der Waals surface area (Å²) in [5.74, 6) is -0.911. The van der Waals surface area contributed by atoms with E-state index >= 15 is 0 Å². The fourth-order valence-electron chi connectivity index (χ4n) is 1.26. The molecule has 1 aromatic carbocycles. The standard InChI is InChI=1S/C12H15N3O4/c1-3-19-9-5-4-8(6-10(9)18-2)7-14-15-12(17)11(13)16/h4-7H,3H2,1-2H3,(H2,13,16)(H,15,17)/b14-7-. The van der Waals surface area contributed by atoms with E-state index in [1.807, 2.05) is 12.3 Å². The van der Waals surface area contributed by atoms with Gasteiger partial charge in [0.05, 0.1) is 19.9 Å². The maximum absolute atomic E-state index is 10.9. The Hall–Kier alpha value is -2.57. The van der Waals surface area contributed by atoms with E-state index in [0.717, 1.165) is 0 Å². The Labute approximate surface area is 110 Å². The first-order valence-electron chi connectivity index (χ1n) is 5.52. The van der Waals surface area contributed by atoms with E-state index in [9.17, 15) is 9.59 Å². The molecule has 7 nitrogen and oxygen atoms in total. The maximum Gasteiger partial charge on any atom is 0.329 e. The van der Waals surface area contributed by atoms with E-state index in [-0.39, 0.29) is 0 Å². The first-order chi connectivity index (χ1) is 9.08. The van der Waals surface area contributed by atoms with Crippen molar-refractivity contribution in [1.82, 2.24) is 5.43 Å². The fraction of sp³-hybridized carbons (Fsp3) is 0.250. The first-order valence-corrected chi connectivity index (χ1v) is 5.52. The Balaban J connectivity index is 2.77. The highest BCUT2D eigenvalue weighted by Crippen LogP contribution is 2.27. The third kappa shape index (κ3) is 4.30. The zero-order valence-corrected chi connectivity index (χ0v) is 10.7. The number of nitrogens with two attached hydrogens (primary N) is 1. The van der Waals surface area contributed by atoms with Gasteiger partial charge in [-0.25, -0.2) is 5.43 Å². The molecule has 0 aliphatic heterocycles. The van der Waals surface area contributed by atoms with Gasteiger partial charge in [0.25, 0.3) is 0 Å². The number of hydrazone groups is 1. The molecule has 0 heterocycles. The number of benzene rings is 1. The minimum Gasteiger partial charge on any atom is -0.493 e. The smallest absolute Gasteiger partial charge is 0.329 e. The lowest BCUT2D eigenvalue weighted by molar-refractivity contribution is -0.137. The normalized spacial score (nSPS) is 10.2. The van der Waals surface area contributed by atoms with E-state index < -0.39 is 11.8 Å². The molecule has 0 aliphatic rings. The van der Waals surface area contributed by atoms with E-state index in [4.69, 9.17) is 15.2 Å². The summed E-state index contributed by atoms with van der Waals surface area (Å²) in [6.07, 6.45) is 1.36. The van der Waals surface area contributed by atoms with Gasteiger partial charge in [0.1, 0.15) is 0 Å². The lowest BCUT2D eigenvalue weighted by Crippen LogP contribution is -2.32. The molecule has 0 radical (unpaired) electrons. The summed E-state index contributed by atoms with van der Waals surface area (Å²) in [7, 11) is 1.52. The third-order valence-corrected chi connectivity index (χ3v) is 2.09. The third-order valence-electron chi connectivity index (χ3n) is 2.09. The van der Waals surface area contributed by atoms with E-state index in [1.165, 1.54) is 13.3 Å². The van der Waals surface area contributed by atoms with Crippen molar-refractivity contribution in [3.63, 3.8) is 0 Å². The molecule has 0 saturated heterocycles. The topological polar surface area (TPSA) is 103 Å². The largest absolute Gasteiger partial charge is 0.493 e. The van der Waals surface area contributed by atoms with Gasteiger partial charge in [-0.05, 0) is 30.7 Å². The Morgan fingerprint density at radius 3 is 2.74 bits per heavy atom. The number of methoxy groups -OCH3 is 1. The second-order valence-electron chi connectivity index (χ2n) is 3.41. The number of hydrogen-bond donors (Lipinski definition) is 2. The predicted octanol–water partition coefficient (Wildman–Crippen LogP) is 0.0293. The Kier molecular flexibility index (Phi) is 5.34. The highest BCUT2D eigenvalue weighted by molar-refractivity contribution is 6.34. The Morgan fingerprint density at radius 2 is 2.16 bits per heavy atom. The molecule has 0 fully saturated rings. The molecule has 102 valence electrons. The Morgan fingerprint density at radius 1 is 1.42 bits per heavy atom. The van der Waals surface area contributed by atoms with Gasteiger partial charge in [-0.3, -0.25) is 9.59 Å². The monoisotopic (exact) mass is 265 g/mol. The van der Waals surface area contributed by atoms with Crippen LogP contribution in [0.5, 0.6) is 11.5 Å². The van der Waals surface area contributed by atoms with Gasteiger partial charge in [0, 0.05) is 0 Å². The van der Waals surface area contributed by atoms with Crippen LogP contribution in [0.1, 0.15) is 12.5 Å². The molecular formula is C12H15N3O4. The molecule has 7 heteroatoms. The maximum atomic E-state index is 10.9. The molecule has 3 N–H and O–H groups in total. The minimum absolute atomic E-state index is 0.526. The SMILES string of the molecule is CCOc1ccc(/C=N\NC(=O)C(N)=O)cc1OC. The van der Waals surface area contributed by atoms with Gasteiger partial charge >= 0.3 is 11.8 Å². The van der Waals surface area contributed by atoms with Crippen LogP contribution >= 0.6 is 0 Å². The highest BCUT2D eigenvalue weighted by atomic mass is 16.5. The summed E-state index contributed by atoms with van der Waals surface area (Å²) in [6, 6.07) is 5.14. The van der Waals surface area contributed by atoms with Crippen LogP contribution in [-0.2, 0) is 9.59 Å². The number of hydrogen-bond acceptors (Lipinski definition) is 5. The quantitative estimate of drug-likeness (QED) is 0.445. The zero-order valence-electron chi connectivity index (χ0n) is 10.7. The number of amides is 2. The second kappa shape index (κ2) is 7.00. The lowest BCUT2D eigenvalue weighted by atomic mass is 10.2. The van der Waals surface area contributed by atoms with Crippen molar-refractivity contribution in [1.29, 1.82) is 0 Å². The number of carbonyl (C=O) groups is 2. The summed E-state index contributed by atoms with van der Waals surface area (Å²) in [6.45, 7) is 2.40. The van der Waals surface area contributed by atoms with Crippen LogP contribution in [0.4, 0.5) is 0 Å². The number of ether oxygens (including phenoxy) is 2. The van der Waals surface area contributed by atoms with Crippen LogP contribution in [0.15, 0.2) is 23.3 Å². The van der Waals surface area contributed by atoms with Crippen LogP contribution in [0, 0.1) is 0 Å². The molecule has 0 saturated carbocycles. The molecule has 0 bridgehead atoms. The van der Waals surface area contributed by atoms with Crippen molar-refractivity contribution >= 4 is 18.0 Å². The molecule has 1 rings (SSSR count). The van der Waals surface area contributed by atoms with Crippen molar-refractivity contribution in [3.8, 4) is 11.5 Å². The molecule has 0 atom stereocenters. The molecule has 1 aromatic rings. The van der Waals surface area contributed by atoms with Gasteiger partial charge < -0.3 is 15.2 Å². The first kappa shape index (κ1) is 14.5. The molecule has 19 heavy (non-hydrogen) atoms. The van der Waals surface area contributed by atoms with Crippen LogP contribution in [0.3, 0.4) is 0 Å². The average molecular weight is 265 g/mol. The van der Waals surface area contributed by atoms with Gasteiger partial charge in [-0.1, -0.05) is 0 Å². The summed E-state index contributed by atoms with van der Waals surface area (Å²) < 4.78 is 10.5. The summed E-state index contributed by atoms with van der Waals surface area (Å²) in [5, 5.41) is 3.59. The molecule has 2 amide bonds. The van der Waals surface area contributed by atoms with Gasteiger partial charge in [-0.2, -0.15) is 5.10 Å². The van der Waals surface area contributed by atoms with Crippen LogP contribution in [-0.4, -0.2) is 31.7 Å². The van der Waals surface area contributed by atoms with Crippen molar-refractivity contribution in [2.75, 3.05) is 13.7 Å². The van der Waals surface area contributed by atoms with Gasteiger partial charge in [0.15, 0.2) is 11.5 Å². The number of nitrogens with one attached hydrogen (secondary N) is 1. The number of nitrogens with zero attached hydrogens (tertiary/aromatic N) is 1. The number of carbonyl (C=O) groups excluding carboxylic acids is 2. The lowest BCUT2D eigenvalue weighted by Gasteiger charge is -2.09. The van der Waals surface area contributed by atoms with E-state index in [0.29, 0.717) is 23.7 Å². The summed E-state index contributed by atoms with van der Waals surface area (Å²) in [4.78, 5) is 21.3. The van der Waals surface area contributed by atoms with Gasteiger partial charge in [0.2, 0.25) is 0 Å². The minimum atomic E-state index is -1.10. The predicted molar refractivity (Wildman–Crippen MR) is 69.1 cm³/mol. The van der Waals surface area contributed by atoms with Crippen LogP contribution in [0.25, 0.3) is 0 Å². The second-order valence-corrected chi connectivity index (χ2v) is 3.41. The van der Waals surface area contributed by atoms with Crippen LogP contribution < -0.4 is 20.6 Å². The summed E-state index contributed by atoms with van der Waals surface area (Å²) in [5.41, 5.74) is 7.42. The number of rotatable bonds is 5. The fourth-order valence-corrected chi connectivity index (χ4v) is 1.26. The number of primary amides is 1. The summed E-state index contributed by atoms with van der Waals surface area (Å²) >= 11 is 0.